The molecule has 5 atom stereocenters. The molecule has 5 unspecified atom stereocenters. The lowest BCUT2D eigenvalue weighted by Gasteiger charge is -2.47. The lowest BCUT2D eigenvalue weighted by molar-refractivity contribution is 0.461. The molecule has 1 aromatic carbocycles. The van der Waals surface area contributed by atoms with Crippen molar-refractivity contribution in [1.82, 2.24) is 0 Å². The van der Waals surface area contributed by atoms with Crippen LogP contribution in [0.25, 0.3) is 0 Å². The quantitative estimate of drug-likeness (QED) is 0.249. The van der Waals surface area contributed by atoms with Gasteiger partial charge >= 0.3 is 0 Å². The Balaban J connectivity index is 1.67. The minimum Gasteiger partial charge on any atom is -0.103 e. The van der Waals surface area contributed by atoms with E-state index in [1.54, 1.807) is 5.19 Å². The van der Waals surface area contributed by atoms with Gasteiger partial charge in [-0.05, 0) is 41.2 Å². The van der Waals surface area contributed by atoms with E-state index in [-0.39, 0.29) is 0 Å². The van der Waals surface area contributed by atoms with E-state index in [1.807, 2.05) is 0 Å². The third kappa shape index (κ3) is 3.26. The maximum absolute atomic E-state index is 4.05. The topological polar surface area (TPSA) is 0 Å². The van der Waals surface area contributed by atoms with Gasteiger partial charge in [-0.25, -0.2) is 0 Å². The van der Waals surface area contributed by atoms with Crippen LogP contribution in [0, 0.1) is 23.7 Å². The highest BCUT2D eigenvalue weighted by molar-refractivity contribution is 6.94. The molecule has 30 heavy (non-hydrogen) atoms. The lowest BCUT2D eigenvalue weighted by atomic mass is 9.83. The fraction of sp³-hybridized carbons (Fsp3) is 0.448. The molecule has 0 aromatic heterocycles. The molecule has 0 radical (unpaired) electrons. The summed E-state index contributed by atoms with van der Waals surface area (Å²) in [5.41, 5.74) is 1.75. The maximum Gasteiger partial charge on any atom is 0.0940 e. The Kier molecular flexibility index (Phi) is 5.82. The van der Waals surface area contributed by atoms with Gasteiger partial charge in [0.2, 0.25) is 0 Å². The van der Waals surface area contributed by atoms with Crippen molar-refractivity contribution in [2.45, 2.75) is 55.7 Å². The van der Waals surface area contributed by atoms with Crippen molar-refractivity contribution in [3.05, 3.63) is 91.6 Å². The number of fused-ring (bicyclic) bond motifs is 3. The summed E-state index contributed by atoms with van der Waals surface area (Å²) in [7, 11) is -1.78. The molecule has 0 nitrogen and oxygen atoms in total. The van der Waals surface area contributed by atoms with Gasteiger partial charge < -0.3 is 0 Å². The second-order valence-electron chi connectivity index (χ2n) is 9.94. The van der Waals surface area contributed by atoms with Gasteiger partial charge in [0.05, 0.1) is 8.07 Å². The molecule has 1 aromatic rings. The molecule has 2 fully saturated rings. The van der Waals surface area contributed by atoms with Crippen LogP contribution >= 0.6 is 0 Å². The van der Waals surface area contributed by atoms with Crippen LogP contribution in [0.4, 0.5) is 0 Å². The van der Waals surface area contributed by atoms with Crippen LogP contribution in [-0.4, -0.2) is 8.07 Å². The Hall–Kier alpha value is -1.86. The largest absolute Gasteiger partial charge is 0.103 e. The maximum atomic E-state index is 4.05. The minimum atomic E-state index is -1.78. The molecule has 4 aliphatic rings. The summed E-state index contributed by atoms with van der Waals surface area (Å²) in [6.45, 7) is 4.05. The molecule has 0 amide bonds. The van der Waals surface area contributed by atoms with Crippen molar-refractivity contribution < 1.29 is 0 Å². The molecular weight excluding hydrogens is 376 g/mol. The Morgan fingerprint density at radius 1 is 0.800 bits per heavy atom. The lowest BCUT2D eigenvalue weighted by Crippen LogP contribution is -2.57. The highest BCUT2D eigenvalue weighted by Crippen LogP contribution is 2.62. The van der Waals surface area contributed by atoms with Crippen molar-refractivity contribution in [1.29, 1.82) is 0 Å². The number of benzene rings is 1. The van der Waals surface area contributed by atoms with E-state index >= 15 is 0 Å². The van der Waals surface area contributed by atoms with Crippen molar-refractivity contribution in [2.24, 2.45) is 23.7 Å². The van der Waals surface area contributed by atoms with Crippen LogP contribution in [0.5, 0.6) is 0 Å². The molecule has 0 N–H and O–H groups in total. The first-order chi connectivity index (χ1) is 14.9. The number of rotatable bonds is 7. The van der Waals surface area contributed by atoms with E-state index in [2.05, 4.69) is 91.6 Å². The van der Waals surface area contributed by atoms with Crippen LogP contribution in [0.3, 0.4) is 0 Å². The second-order valence-corrected chi connectivity index (χ2v) is 14.6. The van der Waals surface area contributed by atoms with Gasteiger partial charge in [-0.1, -0.05) is 128 Å². The SMILES string of the molecule is C=CCCC[Si](c1ccccc1)(C1CCCC1)C1C2C=CC=CC2C2C=CC=CC21. The van der Waals surface area contributed by atoms with Crippen molar-refractivity contribution in [3.63, 3.8) is 0 Å². The predicted octanol–water partition coefficient (Wildman–Crippen LogP) is 7.35. The summed E-state index contributed by atoms with van der Waals surface area (Å²) in [5, 5.41) is 1.75. The molecule has 0 heterocycles. The van der Waals surface area contributed by atoms with Crippen LogP contribution < -0.4 is 5.19 Å². The Morgan fingerprint density at radius 2 is 1.37 bits per heavy atom. The van der Waals surface area contributed by atoms with Crippen LogP contribution in [0.1, 0.15) is 38.5 Å². The molecule has 0 bridgehead atoms. The van der Waals surface area contributed by atoms with Gasteiger partial charge in [-0.2, -0.15) is 0 Å². The zero-order valence-corrected chi connectivity index (χ0v) is 19.2. The molecule has 156 valence electrons. The fourth-order valence-corrected chi connectivity index (χ4v) is 15.2. The zero-order valence-electron chi connectivity index (χ0n) is 18.2. The summed E-state index contributed by atoms with van der Waals surface area (Å²) < 4.78 is 0. The summed E-state index contributed by atoms with van der Waals surface area (Å²) in [6.07, 6.45) is 30.0. The fourth-order valence-electron chi connectivity index (χ4n) is 7.66. The Labute approximate surface area is 184 Å². The van der Waals surface area contributed by atoms with E-state index in [1.165, 1.54) is 38.1 Å². The van der Waals surface area contributed by atoms with Crippen LogP contribution in [0.2, 0.25) is 17.1 Å². The first-order valence-corrected chi connectivity index (χ1v) is 14.6. The number of hydrogen-bond donors (Lipinski definition) is 0. The monoisotopic (exact) mass is 412 g/mol. The Morgan fingerprint density at radius 3 is 1.93 bits per heavy atom. The summed E-state index contributed by atoms with van der Waals surface area (Å²) in [4.78, 5) is 0. The molecular formula is C29H36Si. The van der Waals surface area contributed by atoms with Gasteiger partial charge in [0, 0.05) is 0 Å². The number of hydrogen-bond acceptors (Lipinski definition) is 0. The molecule has 0 spiro atoms. The van der Waals surface area contributed by atoms with E-state index in [9.17, 15) is 0 Å². The van der Waals surface area contributed by atoms with Gasteiger partial charge in [-0.15, -0.1) is 6.58 Å². The average molecular weight is 413 g/mol. The van der Waals surface area contributed by atoms with E-state index < -0.39 is 8.07 Å². The minimum absolute atomic E-state index is 0.683. The summed E-state index contributed by atoms with van der Waals surface area (Å²) in [6, 6.07) is 13.3. The van der Waals surface area contributed by atoms with E-state index in [0.29, 0.717) is 23.7 Å². The molecule has 4 aliphatic carbocycles. The van der Waals surface area contributed by atoms with Crippen molar-refractivity contribution in [2.75, 3.05) is 0 Å². The highest BCUT2D eigenvalue weighted by Gasteiger charge is 2.59. The smallest absolute Gasteiger partial charge is 0.0940 e. The van der Waals surface area contributed by atoms with Gasteiger partial charge in [0.25, 0.3) is 0 Å². The van der Waals surface area contributed by atoms with E-state index in [0.717, 1.165) is 17.5 Å². The second kappa shape index (κ2) is 8.71. The third-order valence-electron chi connectivity index (χ3n) is 8.71. The van der Waals surface area contributed by atoms with Crippen molar-refractivity contribution >= 4 is 13.3 Å². The summed E-state index contributed by atoms with van der Waals surface area (Å²) in [5.74, 6) is 2.77. The molecule has 5 rings (SSSR count). The van der Waals surface area contributed by atoms with Gasteiger partial charge in [-0.3, -0.25) is 0 Å². The number of unbranched alkanes of at least 4 members (excludes halogenated alkanes) is 1. The standard InChI is InChI=1S/C29H36Si/c1-2-3-13-22-30(24-16-7-8-17-24,23-14-5-4-6-15-23)29-27-20-11-9-18-25(27)26-19-10-12-21-28(26)29/h2,4-6,9-12,14-15,18-21,24-29H,1,3,7-8,13,16-17,22H2. The zero-order chi connectivity index (χ0) is 20.4. The highest BCUT2D eigenvalue weighted by atomic mass is 28.3. The third-order valence-corrected chi connectivity index (χ3v) is 15.3. The van der Waals surface area contributed by atoms with Crippen molar-refractivity contribution in [3.8, 4) is 0 Å². The molecule has 1 heteroatoms. The van der Waals surface area contributed by atoms with Crippen LogP contribution in [-0.2, 0) is 0 Å². The predicted molar refractivity (Wildman–Crippen MR) is 133 cm³/mol. The van der Waals surface area contributed by atoms with E-state index in [4.69, 9.17) is 0 Å². The molecule has 0 saturated heterocycles. The normalized spacial score (nSPS) is 33.9. The molecule has 2 saturated carbocycles. The molecule has 0 aliphatic heterocycles. The first kappa shape index (κ1) is 20.1. The van der Waals surface area contributed by atoms with Gasteiger partial charge in [0.1, 0.15) is 0 Å². The average Bonchev–Trinajstić information content (AvgIpc) is 3.45. The Bertz CT molecular complexity index is 820. The summed E-state index contributed by atoms with van der Waals surface area (Å²) >= 11 is 0. The van der Waals surface area contributed by atoms with Crippen LogP contribution in [0.15, 0.2) is 91.6 Å². The first-order valence-electron chi connectivity index (χ1n) is 12.2. The van der Waals surface area contributed by atoms with Gasteiger partial charge in [0.15, 0.2) is 0 Å². The number of allylic oxidation sites excluding steroid dienone is 9.